The van der Waals surface area contributed by atoms with E-state index in [0.29, 0.717) is 22.4 Å². The van der Waals surface area contributed by atoms with Crippen molar-refractivity contribution in [2.24, 2.45) is 7.05 Å². The van der Waals surface area contributed by atoms with Crippen molar-refractivity contribution in [1.29, 1.82) is 0 Å². The Bertz CT molecular complexity index is 1150. The first kappa shape index (κ1) is 15.5. The lowest BCUT2D eigenvalue weighted by Crippen LogP contribution is -2.03. The lowest BCUT2D eigenvalue weighted by molar-refractivity contribution is 0.476. The molecule has 0 amide bonds. The van der Waals surface area contributed by atoms with Crippen LogP contribution >= 0.6 is 11.6 Å². The zero-order valence-electron chi connectivity index (χ0n) is 13.2. The second kappa shape index (κ2) is 5.79. The highest BCUT2D eigenvalue weighted by Crippen LogP contribution is 2.41. The molecule has 6 heteroatoms. The van der Waals surface area contributed by atoms with Crippen LogP contribution in [-0.2, 0) is 7.05 Å². The van der Waals surface area contributed by atoms with Crippen LogP contribution in [-0.4, -0.2) is 14.9 Å². The van der Waals surface area contributed by atoms with E-state index in [-0.39, 0.29) is 21.8 Å². The maximum atomic E-state index is 12.6. The summed E-state index contributed by atoms with van der Waals surface area (Å²) in [6, 6.07) is 13.9. The summed E-state index contributed by atoms with van der Waals surface area (Å²) in [5, 5.41) is 15.0. The summed E-state index contributed by atoms with van der Waals surface area (Å²) in [7, 11) is 1.74. The second-order valence-corrected chi connectivity index (χ2v) is 6.05. The fraction of sp³-hybridized carbons (Fsp3) is 0.0526. The van der Waals surface area contributed by atoms with Gasteiger partial charge in [-0.05, 0) is 12.1 Å². The van der Waals surface area contributed by atoms with Gasteiger partial charge < -0.3 is 9.52 Å². The lowest BCUT2D eigenvalue weighted by Gasteiger charge is -2.11. The monoisotopic (exact) mass is 352 g/mol. The third kappa shape index (κ3) is 2.49. The van der Waals surface area contributed by atoms with Crippen LogP contribution in [0.2, 0.25) is 5.02 Å². The molecule has 2 aromatic heterocycles. The van der Waals surface area contributed by atoms with Gasteiger partial charge in [0.15, 0.2) is 11.0 Å². The molecule has 0 atom stereocenters. The summed E-state index contributed by atoms with van der Waals surface area (Å²) >= 11 is 6.13. The van der Waals surface area contributed by atoms with Gasteiger partial charge in [0.1, 0.15) is 11.5 Å². The zero-order chi connectivity index (χ0) is 17.6. The van der Waals surface area contributed by atoms with E-state index in [1.807, 2.05) is 30.3 Å². The minimum atomic E-state index is -0.231. The normalized spacial score (nSPS) is 11.1. The molecule has 0 saturated carbocycles. The highest BCUT2D eigenvalue weighted by molar-refractivity contribution is 6.33. The number of aromatic hydroxyl groups is 1. The van der Waals surface area contributed by atoms with E-state index in [2.05, 4.69) is 5.10 Å². The number of halogens is 1. The Morgan fingerprint density at radius 2 is 1.92 bits per heavy atom. The molecule has 0 unspecified atom stereocenters. The first-order valence-corrected chi connectivity index (χ1v) is 7.97. The predicted molar refractivity (Wildman–Crippen MR) is 96.8 cm³/mol. The van der Waals surface area contributed by atoms with Crippen LogP contribution in [0.15, 0.2) is 63.9 Å². The van der Waals surface area contributed by atoms with E-state index in [1.54, 1.807) is 24.0 Å². The van der Waals surface area contributed by atoms with Gasteiger partial charge in [0.2, 0.25) is 0 Å². The third-order valence-electron chi connectivity index (χ3n) is 4.08. The Morgan fingerprint density at radius 3 is 2.60 bits per heavy atom. The first-order valence-electron chi connectivity index (χ1n) is 7.59. The van der Waals surface area contributed by atoms with Crippen molar-refractivity contribution in [3.8, 4) is 28.3 Å². The van der Waals surface area contributed by atoms with Gasteiger partial charge in [-0.3, -0.25) is 9.48 Å². The average Bonchev–Trinajstić information content (AvgIpc) is 3.03. The van der Waals surface area contributed by atoms with Crippen LogP contribution in [0.4, 0.5) is 0 Å². The summed E-state index contributed by atoms with van der Waals surface area (Å²) in [6.07, 6.45) is 1.60. The molecule has 0 aliphatic heterocycles. The minimum Gasteiger partial charge on any atom is -0.506 e. The van der Waals surface area contributed by atoms with Crippen LogP contribution in [0.25, 0.3) is 33.6 Å². The predicted octanol–water partition coefficient (Wildman–Crippen LogP) is 4.22. The molecule has 1 N–H and O–H groups in total. The third-order valence-corrected chi connectivity index (χ3v) is 4.37. The minimum absolute atomic E-state index is 0.0865. The van der Waals surface area contributed by atoms with Gasteiger partial charge in [0.05, 0.1) is 21.7 Å². The Kier molecular flexibility index (Phi) is 3.58. The van der Waals surface area contributed by atoms with Gasteiger partial charge in [-0.1, -0.05) is 41.9 Å². The molecule has 0 spiro atoms. The lowest BCUT2D eigenvalue weighted by atomic mass is 10.0. The van der Waals surface area contributed by atoms with E-state index in [0.717, 1.165) is 5.56 Å². The summed E-state index contributed by atoms with van der Waals surface area (Å²) in [6.45, 7) is 0. The topological polar surface area (TPSA) is 68.3 Å². The van der Waals surface area contributed by atoms with Crippen molar-refractivity contribution in [3.63, 3.8) is 0 Å². The molecular weight excluding hydrogens is 340 g/mol. The van der Waals surface area contributed by atoms with E-state index in [1.165, 1.54) is 12.1 Å². The molecule has 0 saturated heterocycles. The number of hydrogen-bond acceptors (Lipinski definition) is 4. The van der Waals surface area contributed by atoms with Crippen molar-refractivity contribution in [2.45, 2.75) is 0 Å². The summed E-state index contributed by atoms with van der Waals surface area (Å²) in [5.74, 6) is 0.273. The van der Waals surface area contributed by atoms with Crippen molar-refractivity contribution in [3.05, 3.63) is 70.0 Å². The molecule has 2 aromatic carbocycles. The van der Waals surface area contributed by atoms with Gasteiger partial charge >= 0.3 is 0 Å². The molecule has 25 heavy (non-hydrogen) atoms. The van der Waals surface area contributed by atoms with Gasteiger partial charge in [0.25, 0.3) is 0 Å². The smallest absolute Gasteiger partial charge is 0.193 e. The average molecular weight is 353 g/mol. The highest BCUT2D eigenvalue weighted by Gasteiger charge is 2.20. The molecule has 4 aromatic rings. The van der Waals surface area contributed by atoms with Gasteiger partial charge in [-0.15, -0.1) is 0 Å². The number of nitrogens with zero attached hydrogens (tertiary/aromatic N) is 2. The largest absolute Gasteiger partial charge is 0.506 e. The number of phenolic OH excluding ortho intramolecular Hbond substituents is 1. The van der Waals surface area contributed by atoms with Gasteiger partial charge in [0, 0.05) is 24.9 Å². The number of rotatable bonds is 2. The van der Waals surface area contributed by atoms with E-state index >= 15 is 0 Å². The molecule has 5 nitrogen and oxygen atoms in total. The Hall–Kier alpha value is -3.05. The van der Waals surface area contributed by atoms with Crippen molar-refractivity contribution in [1.82, 2.24) is 9.78 Å². The summed E-state index contributed by atoms with van der Waals surface area (Å²) in [5.41, 5.74) is 1.75. The zero-order valence-corrected chi connectivity index (χ0v) is 14.0. The molecule has 2 heterocycles. The van der Waals surface area contributed by atoms with Crippen molar-refractivity contribution >= 4 is 22.6 Å². The quantitative estimate of drug-likeness (QED) is 0.586. The fourth-order valence-electron chi connectivity index (χ4n) is 2.85. The number of aromatic nitrogens is 2. The summed E-state index contributed by atoms with van der Waals surface area (Å²) < 4.78 is 7.60. The summed E-state index contributed by atoms with van der Waals surface area (Å²) in [4.78, 5) is 12.6. The number of hydrogen-bond donors (Lipinski definition) is 1. The Morgan fingerprint density at radius 1 is 1.16 bits per heavy atom. The van der Waals surface area contributed by atoms with Crippen LogP contribution in [0, 0.1) is 0 Å². The van der Waals surface area contributed by atoms with Crippen molar-refractivity contribution < 1.29 is 9.52 Å². The highest BCUT2D eigenvalue weighted by atomic mass is 35.5. The maximum Gasteiger partial charge on any atom is 0.193 e. The molecule has 0 radical (unpaired) electrons. The Labute approximate surface area is 147 Å². The van der Waals surface area contributed by atoms with Crippen LogP contribution in [0.1, 0.15) is 0 Å². The molecule has 0 aliphatic carbocycles. The van der Waals surface area contributed by atoms with Crippen LogP contribution < -0.4 is 5.43 Å². The number of benzene rings is 2. The fourth-order valence-corrected chi connectivity index (χ4v) is 3.05. The number of fused-ring (bicyclic) bond motifs is 1. The van der Waals surface area contributed by atoms with Crippen LogP contribution in [0.5, 0.6) is 5.75 Å². The van der Waals surface area contributed by atoms with E-state index < -0.39 is 0 Å². The maximum absolute atomic E-state index is 12.6. The van der Waals surface area contributed by atoms with Gasteiger partial charge in [-0.25, -0.2) is 0 Å². The molecule has 0 bridgehead atoms. The SMILES string of the molecule is Cn1nccc1-c1c(O)c(Cl)cc2c(=O)cc(-c3ccccc3)oc12. The molecular formula is C19H13ClN2O3. The van der Waals surface area contributed by atoms with E-state index in [4.69, 9.17) is 16.0 Å². The first-order chi connectivity index (χ1) is 12.1. The van der Waals surface area contributed by atoms with Crippen LogP contribution in [0.3, 0.4) is 0 Å². The molecule has 124 valence electrons. The molecule has 4 rings (SSSR count). The number of phenols is 1. The molecule has 0 fully saturated rings. The molecule has 0 aliphatic rings. The Balaban J connectivity index is 2.13. The van der Waals surface area contributed by atoms with E-state index in [9.17, 15) is 9.90 Å². The van der Waals surface area contributed by atoms with Gasteiger partial charge in [-0.2, -0.15) is 5.10 Å². The number of aryl methyl sites for hydroxylation is 1. The standard InChI is InChI=1S/C19H13ClN2O3/c1-22-14(7-8-21-22)17-18(24)13(20)9-12-15(23)10-16(25-19(12)17)11-5-3-2-4-6-11/h2-10,24H,1H3. The van der Waals surface area contributed by atoms with Crippen molar-refractivity contribution in [2.75, 3.05) is 0 Å². The second-order valence-electron chi connectivity index (χ2n) is 5.64.